The van der Waals surface area contributed by atoms with E-state index in [0.29, 0.717) is 12.0 Å². The molecule has 1 aromatic rings. The van der Waals surface area contributed by atoms with Crippen LogP contribution in [0.25, 0.3) is 0 Å². The van der Waals surface area contributed by atoms with Crippen LogP contribution in [0.15, 0.2) is 18.2 Å². The van der Waals surface area contributed by atoms with E-state index in [1.54, 1.807) is 6.07 Å². The lowest BCUT2D eigenvalue weighted by molar-refractivity contribution is -0.145. The molecule has 1 fully saturated rings. The van der Waals surface area contributed by atoms with Crippen molar-refractivity contribution >= 4 is 11.8 Å². The molecule has 2 amide bonds. The van der Waals surface area contributed by atoms with Crippen LogP contribution in [0.3, 0.4) is 0 Å². The van der Waals surface area contributed by atoms with Gasteiger partial charge in [0, 0.05) is 6.54 Å². The monoisotopic (exact) mass is 294 g/mol. The highest BCUT2D eigenvalue weighted by Gasteiger charge is 2.31. The summed E-state index contributed by atoms with van der Waals surface area (Å²) in [6.45, 7) is 2.18. The molecule has 1 unspecified atom stereocenters. The van der Waals surface area contributed by atoms with Gasteiger partial charge in [0.15, 0.2) is 11.6 Å². The molecule has 6 heteroatoms. The zero-order chi connectivity index (χ0) is 15.4. The summed E-state index contributed by atoms with van der Waals surface area (Å²) < 4.78 is 18.5. The summed E-state index contributed by atoms with van der Waals surface area (Å²) in [6.07, 6.45) is 1.42. The zero-order valence-electron chi connectivity index (χ0n) is 12.2. The zero-order valence-corrected chi connectivity index (χ0v) is 12.2. The molecule has 0 saturated carbocycles. The van der Waals surface area contributed by atoms with Crippen LogP contribution in [0, 0.1) is 5.82 Å². The molecular formula is C15H19FN2O3. The maximum absolute atomic E-state index is 13.7. The number of methoxy groups -OCH3 is 1. The molecular weight excluding hydrogens is 275 g/mol. The third kappa shape index (κ3) is 3.51. The van der Waals surface area contributed by atoms with Gasteiger partial charge in [-0.2, -0.15) is 0 Å². The highest BCUT2D eigenvalue weighted by atomic mass is 19.1. The molecule has 21 heavy (non-hydrogen) atoms. The van der Waals surface area contributed by atoms with Crippen molar-refractivity contribution in [3.05, 3.63) is 29.6 Å². The standard InChI is InChI=1S/C15H19FN2O3/c1-3-4-12-15(20)18(9-14(19)17-12)8-10-5-6-13(21-2)11(16)7-10/h5-7,12H,3-4,8-9H2,1-2H3,(H,17,19). The summed E-state index contributed by atoms with van der Waals surface area (Å²) in [4.78, 5) is 25.4. The Morgan fingerprint density at radius 2 is 2.19 bits per heavy atom. The van der Waals surface area contributed by atoms with Crippen LogP contribution in [-0.4, -0.2) is 36.4 Å². The number of carbonyl (C=O) groups excluding carboxylic acids is 2. The summed E-state index contributed by atoms with van der Waals surface area (Å²) in [5.74, 6) is -0.617. The number of amides is 2. The van der Waals surface area contributed by atoms with Gasteiger partial charge in [-0.05, 0) is 24.1 Å². The van der Waals surface area contributed by atoms with Gasteiger partial charge in [-0.25, -0.2) is 4.39 Å². The van der Waals surface area contributed by atoms with Gasteiger partial charge in [0.25, 0.3) is 0 Å². The van der Waals surface area contributed by atoms with Gasteiger partial charge in [-0.1, -0.05) is 19.4 Å². The predicted octanol–water partition coefficient (Wildman–Crippen LogP) is 1.46. The topological polar surface area (TPSA) is 58.6 Å². The Kier molecular flexibility index (Phi) is 4.77. The fourth-order valence-electron chi connectivity index (χ4n) is 2.42. The Hall–Kier alpha value is -2.11. The Morgan fingerprint density at radius 3 is 2.81 bits per heavy atom. The van der Waals surface area contributed by atoms with E-state index in [1.165, 1.54) is 24.1 Å². The van der Waals surface area contributed by atoms with E-state index in [0.717, 1.165) is 6.42 Å². The highest BCUT2D eigenvalue weighted by Crippen LogP contribution is 2.19. The molecule has 1 heterocycles. The van der Waals surface area contributed by atoms with Crippen LogP contribution in [0.4, 0.5) is 4.39 Å². The van der Waals surface area contributed by atoms with Crippen LogP contribution in [0.2, 0.25) is 0 Å². The van der Waals surface area contributed by atoms with Crippen molar-refractivity contribution in [2.75, 3.05) is 13.7 Å². The van der Waals surface area contributed by atoms with Crippen LogP contribution >= 0.6 is 0 Å². The lowest BCUT2D eigenvalue weighted by Crippen LogP contribution is -2.57. The number of halogens is 1. The van der Waals surface area contributed by atoms with Crippen molar-refractivity contribution in [1.29, 1.82) is 0 Å². The predicted molar refractivity (Wildman–Crippen MR) is 75.2 cm³/mol. The van der Waals surface area contributed by atoms with E-state index < -0.39 is 11.9 Å². The fourth-order valence-corrected chi connectivity index (χ4v) is 2.42. The van der Waals surface area contributed by atoms with E-state index in [-0.39, 0.29) is 30.7 Å². The molecule has 0 aliphatic carbocycles. The summed E-state index contributed by atoms with van der Waals surface area (Å²) in [6, 6.07) is 4.06. The first-order valence-electron chi connectivity index (χ1n) is 6.95. The van der Waals surface area contributed by atoms with Crippen LogP contribution in [0.5, 0.6) is 5.75 Å². The third-order valence-electron chi connectivity index (χ3n) is 3.45. The summed E-state index contributed by atoms with van der Waals surface area (Å²) in [7, 11) is 1.39. The number of carbonyl (C=O) groups is 2. The first-order valence-corrected chi connectivity index (χ1v) is 6.95. The van der Waals surface area contributed by atoms with Crippen molar-refractivity contribution in [3.8, 4) is 5.75 Å². The van der Waals surface area contributed by atoms with Crippen molar-refractivity contribution in [2.45, 2.75) is 32.4 Å². The second-order valence-electron chi connectivity index (χ2n) is 5.07. The fraction of sp³-hybridized carbons (Fsp3) is 0.467. The van der Waals surface area contributed by atoms with E-state index in [1.807, 2.05) is 6.92 Å². The van der Waals surface area contributed by atoms with Gasteiger partial charge >= 0.3 is 0 Å². The number of nitrogens with zero attached hydrogens (tertiary/aromatic N) is 1. The number of hydrogen-bond donors (Lipinski definition) is 1. The quantitative estimate of drug-likeness (QED) is 0.894. The number of nitrogens with one attached hydrogen (secondary N) is 1. The minimum absolute atomic E-state index is 0.00664. The molecule has 0 bridgehead atoms. The van der Waals surface area contributed by atoms with Gasteiger partial charge in [0.2, 0.25) is 11.8 Å². The van der Waals surface area contributed by atoms with Gasteiger partial charge in [0.05, 0.1) is 13.7 Å². The van der Waals surface area contributed by atoms with Crippen molar-refractivity contribution < 1.29 is 18.7 Å². The van der Waals surface area contributed by atoms with Crippen LogP contribution in [0.1, 0.15) is 25.3 Å². The lowest BCUT2D eigenvalue weighted by atomic mass is 10.1. The Morgan fingerprint density at radius 1 is 1.43 bits per heavy atom. The maximum Gasteiger partial charge on any atom is 0.245 e. The molecule has 114 valence electrons. The van der Waals surface area contributed by atoms with Gasteiger partial charge in [-0.15, -0.1) is 0 Å². The molecule has 0 aromatic heterocycles. The minimum atomic E-state index is -0.478. The molecule has 1 aliphatic heterocycles. The average Bonchev–Trinajstić information content (AvgIpc) is 2.44. The molecule has 0 radical (unpaired) electrons. The number of piperazine rings is 1. The molecule has 1 N–H and O–H groups in total. The second-order valence-corrected chi connectivity index (χ2v) is 5.07. The van der Waals surface area contributed by atoms with Gasteiger partial charge in [0.1, 0.15) is 6.04 Å². The third-order valence-corrected chi connectivity index (χ3v) is 3.45. The van der Waals surface area contributed by atoms with Crippen LogP contribution < -0.4 is 10.1 Å². The Balaban J connectivity index is 2.12. The number of hydrogen-bond acceptors (Lipinski definition) is 3. The minimum Gasteiger partial charge on any atom is -0.494 e. The number of ether oxygens (including phenoxy) is 1. The molecule has 1 aliphatic rings. The Labute approximate surface area is 123 Å². The first-order chi connectivity index (χ1) is 10.0. The van der Waals surface area contributed by atoms with Gasteiger partial charge in [-0.3, -0.25) is 9.59 Å². The SMILES string of the molecule is CCCC1NC(=O)CN(Cc2ccc(OC)c(F)c2)C1=O. The number of rotatable bonds is 5. The normalized spacial score (nSPS) is 18.6. The lowest BCUT2D eigenvalue weighted by Gasteiger charge is -2.32. The molecule has 2 rings (SSSR count). The van der Waals surface area contributed by atoms with E-state index >= 15 is 0 Å². The van der Waals surface area contributed by atoms with E-state index in [4.69, 9.17) is 4.74 Å². The molecule has 1 saturated heterocycles. The highest BCUT2D eigenvalue weighted by molar-refractivity contribution is 5.94. The second kappa shape index (κ2) is 6.56. The summed E-state index contributed by atoms with van der Waals surface area (Å²) in [5.41, 5.74) is 0.631. The van der Waals surface area contributed by atoms with Crippen molar-refractivity contribution in [2.24, 2.45) is 0 Å². The number of benzene rings is 1. The average molecular weight is 294 g/mol. The summed E-state index contributed by atoms with van der Waals surface area (Å²) >= 11 is 0. The Bertz CT molecular complexity index is 548. The smallest absolute Gasteiger partial charge is 0.245 e. The molecule has 0 spiro atoms. The molecule has 1 aromatic carbocycles. The van der Waals surface area contributed by atoms with E-state index in [2.05, 4.69) is 5.32 Å². The summed E-state index contributed by atoms with van der Waals surface area (Å²) in [5, 5.41) is 2.69. The van der Waals surface area contributed by atoms with Crippen molar-refractivity contribution in [1.82, 2.24) is 10.2 Å². The van der Waals surface area contributed by atoms with Crippen LogP contribution in [-0.2, 0) is 16.1 Å². The molecule has 1 atom stereocenters. The van der Waals surface area contributed by atoms with Crippen molar-refractivity contribution in [3.63, 3.8) is 0 Å². The maximum atomic E-state index is 13.7. The van der Waals surface area contributed by atoms with E-state index in [9.17, 15) is 14.0 Å². The first kappa shape index (κ1) is 15.3. The van der Waals surface area contributed by atoms with Gasteiger partial charge < -0.3 is 15.0 Å². The largest absolute Gasteiger partial charge is 0.494 e. The molecule has 5 nitrogen and oxygen atoms in total.